The van der Waals surface area contributed by atoms with Gasteiger partial charge in [0.05, 0.1) is 0 Å². The normalized spacial score (nSPS) is 17.0. The van der Waals surface area contributed by atoms with Crippen LogP contribution in [-0.2, 0) is 11.3 Å². The highest BCUT2D eigenvalue weighted by Gasteiger charge is 2.29. The Hall–Kier alpha value is -3.40. The van der Waals surface area contributed by atoms with Gasteiger partial charge in [-0.25, -0.2) is 9.97 Å². The predicted octanol–water partition coefficient (Wildman–Crippen LogP) is 2.35. The van der Waals surface area contributed by atoms with Crippen LogP contribution in [0.3, 0.4) is 0 Å². The number of carbonyl (C=O) groups is 1. The average molecular weight is 374 g/mol. The zero-order chi connectivity index (χ0) is 19.7. The molecule has 3 aromatic rings. The van der Waals surface area contributed by atoms with E-state index in [1.54, 1.807) is 6.20 Å². The molecule has 0 aliphatic carbocycles. The molecule has 1 saturated heterocycles. The summed E-state index contributed by atoms with van der Waals surface area (Å²) in [7, 11) is 0. The Morgan fingerprint density at radius 3 is 2.82 bits per heavy atom. The number of aromatic nitrogens is 3. The van der Waals surface area contributed by atoms with Gasteiger partial charge in [0.25, 0.3) is 0 Å². The molecular formula is C21H22N6O. The van der Waals surface area contributed by atoms with E-state index in [0.717, 1.165) is 16.6 Å². The van der Waals surface area contributed by atoms with Gasteiger partial charge in [0, 0.05) is 49.3 Å². The smallest absolute Gasteiger partial charge is 0.242 e. The molecule has 0 spiro atoms. The van der Waals surface area contributed by atoms with E-state index in [1.165, 1.54) is 6.20 Å². The van der Waals surface area contributed by atoms with Gasteiger partial charge in [0.1, 0.15) is 12.6 Å². The zero-order valence-electron chi connectivity index (χ0n) is 16.0. The van der Waals surface area contributed by atoms with Crippen molar-refractivity contribution < 1.29 is 4.79 Å². The van der Waals surface area contributed by atoms with Crippen molar-refractivity contribution >= 4 is 22.6 Å². The lowest BCUT2D eigenvalue weighted by Crippen LogP contribution is -2.55. The Balaban J connectivity index is 1.49. The molecule has 1 unspecified atom stereocenters. The van der Waals surface area contributed by atoms with Crippen LogP contribution in [0.1, 0.15) is 18.3 Å². The van der Waals surface area contributed by atoms with Crippen LogP contribution in [0.25, 0.3) is 10.9 Å². The number of aryl methyl sites for hydroxylation is 1. The number of anilines is 1. The first-order valence-electron chi connectivity index (χ1n) is 9.39. The van der Waals surface area contributed by atoms with Crippen molar-refractivity contribution in [3.63, 3.8) is 0 Å². The molecule has 0 saturated carbocycles. The number of rotatable bonds is 3. The minimum Gasteiger partial charge on any atom is -0.350 e. The van der Waals surface area contributed by atoms with E-state index in [0.29, 0.717) is 37.7 Å². The summed E-state index contributed by atoms with van der Waals surface area (Å²) in [4.78, 5) is 25.4. The van der Waals surface area contributed by atoms with E-state index in [1.807, 2.05) is 35.8 Å². The van der Waals surface area contributed by atoms with Gasteiger partial charge in [-0.2, -0.15) is 5.26 Å². The van der Waals surface area contributed by atoms with Crippen molar-refractivity contribution in [3.05, 3.63) is 54.1 Å². The fraction of sp³-hybridized carbons (Fsp3) is 0.333. The van der Waals surface area contributed by atoms with E-state index >= 15 is 0 Å². The van der Waals surface area contributed by atoms with E-state index in [4.69, 9.17) is 0 Å². The summed E-state index contributed by atoms with van der Waals surface area (Å²) in [5.41, 5.74) is 2.49. The van der Waals surface area contributed by atoms with Crippen LogP contribution in [0.15, 0.2) is 42.7 Å². The first-order chi connectivity index (χ1) is 13.6. The number of para-hydroxylation sites is 1. The Bertz CT molecular complexity index is 1070. The van der Waals surface area contributed by atoms with Crippen molar-refractivity contribution in [2.45, 2.75) is 26.4 Å². The summed E-state index contributed by atoms with van der Waals surface area (Å²) in [6.07, 6.45) is 3.12. The summed E-state index contributed by atoms with van der Waals surface area (Å²) in [5.74, 6) is 0.701. The number of benzene rings is 1. The van der Waals surface area contributed by atoms with Crippen molar-refractivity contribution in [3.8, 4) is 6.07 Å². The Labute approximate surface area is 163 Å². The summed E-state index contributed by atoms with van der Waals surface area (Å²) in [6.45, 7) is 6.26. The van der Waals surface area contributed by atoms with E-state index < -0.39 is 0 Å². The van der Waals surface area contributed by atoms with Crippen molar-refractivity contribution in [1.29, 1.82) is 5.26 Å². The van der Waals surface area contributed by atoms with Crippen molar-refractivity contribution in [1.82, 2.24) is 19.4 Å². The first kappa shape index (κ1) is 18.0. The predicted molar refractivity (Wildman–Crippen MR) is 107 cm³/mol. The highest BCUT2D eigenvalue weighted by atomic mass is 16.2. The summed E-state index contributed by atoms with van der Waals surface area (Å²) >= 11 is 0. The number of amides is 1. The maximum atomic E-state index is 13.0. The Kier molecular flexibility index (Phi) is 4.70. The van der Waals surface area contributed by atoms with Gasteiger partial charge in [0.15, 0.2) is 11.5 Å². The molecule has 0 N–H and O–H groups in total. The lowest BCUT2D eigenvalue weighted by molar-refractivity contribution is -0.134. The fourth-order valence-electron chi connectivity index (χ4n) is 3.95. The Morgan fingerprint density at radius 2 is 2.04 bits per heavy atom. The van der Waals surface area contributed by atoms with Gasteiger partial charge in [0.2, 0.25) is 5.91 Å². The molecule has 7 heteroatoms. The quantitative estimate of drug-likeness (QED) is 0.703. The molecule has 4 rings (SSSR count). The van der Waals surface area contributed by atoms with E-state index in [-0.39, 0.29) is 11.9 Å². The van der Waals surface area contributed by atoms with Gasteiger partial charge in [-0.05, 0) is 31.4 Å². The lowest BCUT2D eigenvalue weighted by Gasteiger charge is -2.40. The summed E-state index contributed by atoms with van der Waals surface area (Å²) in [6, 6.07) is 12.4. The molecule has 28 heavy (non-hydrogen) atoms. The molecule has 2 aromatic heterocycles. The van der Waals surface area contributed by atoms with Crippen molar-refractivity contribution in [2.24, 2.45) is 0 Å². The van der Waals surface area contributed by atoms with Crippen molar-refractivity contribution in [2.75, 3.05) is 24.5 Å². The van der Waals surface area contributed by atoms with E-state index in [2.05, 4.69) is 38.8 Å². The highest BCUT2D eigenvalue weighted by Crippen LogP contribution is 2.22. The number of piperazine rings is 1. The van der Waals surface area contributed by atoms with Crippen LogP contribution in [0.2, 0.25) is 0 Å². The second-order valence-corrected chi connectivity index (χ2v) is 7.15. The summed E-state index contributed by atoms with van der Waals surface area (Å²) in [5, 5.41) is 10.4. The average Bonchev–Trinajstić information content (AvgIpc) is 3.03. The van der Waals surface area contributed by atoms with Gasteiger partial charge in [-0.15, -0.1) is 0 Å². The Morgan fingerprint density at radius 1 is 1.25 bits per heavy atom. The second-order valence-electron chi connectivity index (χ2n) is 7.15. The maximum Gasteiger partial charge on any atom is 0.242 e. The largest absolute Gasteiger partial charge is 0.350 e. The molecular weight excluding hydrogens is 352 g/mol. The minimum absolute atomic E-state index is 0.0249. The molecule has 0 bridgehead atoms. The van der Waals surface area contributed by atoms with Gasteiger partial charge in [-0.1, -0.05) is 18.2 Å². The molecule has 3 heterocycles. The van der Waals surface area contributed by atoms with Crippen LogP contribution < -0.4 is 4.90 Å². The van der Waals surface area contributed by atoms with E-state index in [9.17, 15) is 10.1 Å². The first-order valence-corrected chi connectivity index (χ1v) is 9.39. The minimum atomic E-state index is 0.0249. The third-order valence-electron chi connectivity index (χ3n) is 5.34. The molecule has 1 fully saturated rings. The molecule has 1 aliphatic rings. The van der Waals surface area contributed by atoms with Crippen LogP contribution in [0.4, 0.5) is 5.82 Å². The topological polar surface area (TPSA) is 78.1 Å². The molecule has 1 atom stereocenters. The molecule has 7 nitrogen and oxygen atoms in total. The lowest BCUT2D eigenvalue weighted by atomic mass is 10.1. The SMILES string of the molecule is Cc1cc2ccccc2n1CC(=O)N1CCN(c2nccnc2C#N)CC1C. The number of hydrogen-bond donors (Lipinski definition) is 0. The summed E-state index contributed by atoms with van der Waals surface area (Å²) < 4.78 is 2.08. The molecule has 1 aliphatic heterocycles. The number of carbonyl (C=O) groups excluding carboxylic acids is 1. The van der Waals surface area contributed by atoms with Gasteiger partial charge >= 0.3 is 0 Å². The standard InChI is InChI=1S/C21H22N6O/c1-15-11-17-5-3-4-6-19(17)27(15)14-20(28)26-10-9-25(13-16(26)2)21-18(12-22)23-7-8-24-21/h3-8,11,16H,9-10,13-14H2,1-2H3. The fourth-order valence-corrected chi connectivity index (χ4v) is 3.95. The number of hydrogen-bond acceptors (Lipinski definition) is 5. The van der Waals surface area contributed by atoms with Gasteiger partial charge in [-0.3, -0.25) is 4.79 Å². The highest BCUT2D eigenvalue weighted by molar-refractivity contribution is 5.84. The second kappa shape index (κ2) is 7.31. The van der Waals surface area contributed by atoms with Crippen LogP contribution in [0.5, 0.6) is 0 Å². The van der Waals surface area contributed by atoms with Crippen LogP contribution in [-0.4, -0.2) is 51.0 Å². The van der Waals surface area contributed by atoms with Crippen LogP contribution >= 0.6 is 0 Å². The third kappa shape index (κ3) is 3.18. The molecule has 0 radical (unpaired) electrons. The maximum absolute atomic E-state index is 13.0. The molecule has 142 valence electrons. The monoisotopic (exact) mass is 374 g/mol. The zero-order valence-corrected chi connectivity index (χ0v) is 16.0. The van der Waals surface area contributed by atoms with Crippen LogP contribution in [0, 0.1) is 18.3 Å². The van der Waals surface area contributed by atoms with Gasteiger partial charge < -0.3 is 14.4 Å². The number of nitrogens with zero attached hydrogens (tertiary/aromatic N) is 6. The molecule has 1 amide bonds. The molecule has 1 aromatic carbocycles. The number of nitriles is 1. The number of fused-ring (bicyclic) bond motifs is 1. The third-order valence-corrected chi connectivity index (χ3v) is 5.34.